The first-order valence-electron chi connectivity index (χ1n) is 15.3. The van der Waals surface area contributed by atoms with E-state index < -0.39 is 11.4 Å². The number of piperidine rings is 1. The lowest BCUT2D eigenvalue weighted by Gasteiger charge is -2.35. The van der Waals surface area contributed by atoms with E-state index in [-0.39, 0.29) is 11.7 Å². The number of hydrogen-bond acceptors (Lipinski definition) is 4. The zero-order chi connectivity index (χ0) is 27.3. The SMILES string of the molecule is CCc1nn(CC)c(C)c1C1CCN(CC2CN(CC3(C(=O)O)CC4CC4C3)CC2c2cccc(F)c2)CC1. The van der Waals surface area contributed by atoms with E-state index in [0.29, 0.717) is 30.2 Å². The van der Waals surface area contributed by atoms with E-state index in [1.807, 2.05) is 6.07 Å². The van der Waals surface area contributed by atoms with Crippen molar-refractivity contribution in [1.82, 2.24) is 19.6 Å². The van der Waals surface area contributed by atoms with Crippen LogP contribution in [0.1, 0.15) is 80.3 Å². The molecule has 0 bridgehead atoms. The summed E-state index contributed by atoms with van der Waals surface area (Å²) in [7, 11) is 0. The molecular formula is C32H45FN4O2. The lowest BCUT2D eigenvalue weighted by atomic mass is 9.82. The smallest absolute Gasteiger partial charge is 0.310 e. The predicted molar refractivity (Wildman–Crippen MR) is 150 cm³/mol. The van der Waals surface area contributed by atoms with Gasteiger partial charge < -0.3 is 14.9 Å². The van der Waals surface area contributed by atoms with E-state index in [1.54, 1.807) is 6.07 Å². The zero-order valence-electron chi connectivity index (χ0n) is 23.9. The number of likely N-dealkylation sites (tertiary alicyclic amines) is 2. The molecule has 2 aliphatic heterocycles. The van der Waals surface area contributed by atoms with Gasteiger partial charge in [0.1, 0.15) is 5.82 Å². The van der Waals surface area contributed by atoms with Gasteiger partial charge in [-0.15, -0.1) is 0 Å². The first-order valence-corrected chi connectivity index (χ1v) is 15.3. The number of rotatable bonds is 9. The summed E-state index contributed by atoms with van der Waals surface area (Å²) in [5.74, 6) is 1.63. The molecule has 39 heavy (non-hydrogen) atoms. The highest BCUT2D eigenvalue weighted by Gasteiger charge is 2.58. The standard InChI is InChI=1S/C32H45FN4O2/c1-4-29-30(21(3)37(5-2)34-29)22-9-11-35(12-10-22)17-26-18-36(19-28(26)23-7-6-8-27(33)14-23)20-32(31(38)39)15-24-13-25(24)16-32/h6-8,14,22,24-26,28H,4-5,9-13,15-20H2,1-3H3,(H,38,39). The van der Waals surface area contributed by atoms with Crippen LogP contribution in [-0.2, 0) is 17.8 Å². The summed E-state index contributed by atoms with van der Waals surface area (Å²) in [5.41, 5.74) is 4.55. The van der Waals surface area contributed by atoms with E-state index >= 15 is 0 Å². The fraction of sp³-hybridized carbons (Fsp3) is 0.688. The molecule has 4 atom stereocenters. The maximum absolute atomic E-state index is 14.3. The van der Waals surface area contributed by atoms with Crippen LogP contribution >= 0.6 is 0 Å². The third-order valence-electron chi connectivity index (χ3n) is 10.6. The first-order chi connectivity index (χ1) is 18.8. The van der Waals surface area contributed by atoms with Crippen LogP contribution in [0, 0.1) is 35.9 Å². The Morgan fingerprint density at radius 1 is 1.13 bits per heavy atom. The molecule has 212 valence electrons. The maximum Gasteiger partial charge on any atom is 0.310 e. The van der Waals surface area contributed by atoms with Crippen molar-refractivity contribution in [1.29, 1.82) is 0 Å². The quantitative estimate of drug-likeness (QED) is 0.471. The Morgan fingerprint density at radius 2 is 1.87 bits per heavy atom. The Bertz CT molecular complexity index is 1190. The summed E-state index contributed by atoms with van der Waals surface area (Å²) in [6.07, 6.45) is 6.17. The fourth-order valence-corrected chi connectivity index (χ4v) is 8.54. The average Bonchev–Trinajstić information content (AvgIpc) is 3.22. The summed E-state index contributed by atoms with van der Waals surface area (Å²) in [6.45, 7) is 13.0. The number of carboxylic acid groups (broad SMARTS) is 1. The van der Waals surface area contributed by atoms with Crippen molar-refractivity contribution >= 4 is 5.97 Å². The molecule has 2 saturated heterocycles. The molecule has 3 heterocycles. The van der Waals surface area contributed by atoms with Crippen LogP contribution in [0.3, 0.4) is 0 Å². The van der Waals surface area contributed by atoms with Gasteiger partial charge in [0.25, 0.3) is 0 Å². The third-order valence-corrected chi connectivity index (χ3v) is 10.6. The van der Waals surface area contributed by atoms with Crippen molar-refractivity contribution in [2.45, 2.75) is 77.7 Å². The second-order valence-corrected chi connectivity index (χ2v) is 13.1. The number of halogens is 1. The number of hydrogen-bond donors (Lipinski definition) is 1. The molecule has 6 nitrogen and oxygen atoms in total. The number of aliphatic carboxylic acids is 1. The minimum atomic E-state index is -0.615. The Kier molecular flexibility index (Phi) is 7.34. The number of fused-ring (bicyclic) bond motifs is 1. The van der Waals surface area contributed by atoms with Crippen LogP contribution in [0.2, 0.25) is 0 Å². The number of nitrogens with zero attached hydrogens (tertiary/aromatic N) is 4. The lowest BCUT2D eigenvalue weighted by molar-refractivity contribution is -0.150. The van der Waals surface area contributed by atoms with Crippen molar-refractivity contribution in [2.24, 2.45) is 23.2 Å². The van der Waals surface area contributed by atoms with Gasteiger partial charge in [-0.3, -0.25) is 9.48 Å². The topological polar surface area (TPSA) is 61.6 Å². The highest BCUT2D eigenvalue weighted by molar-refractivity contribution is 5.76. The molecule has 2 aromatic rings. The van der Waals surface area contributed by atoms with Gasteiger partial charge in [-0.05, 0) is 112 Å². The van der Waals surface area contributed by atoms with Gasteiger partial charge >= 0.3 is 5.97 Å². The monoisotopic (exact) mass is 536 g/mol. The number of aryl methyl sites for hydroxylation is 2. The Balaban J connectivity index is 1.15. The van der Waals surface area contributed by atoms with E-state index in [4.69, 9.17) is 5.10 Å². The van der Waals surface area contributed by atoms with Gasteiger partial charge in [0.05, 0.1) is 11.1 Å². The predicted octanol–water partition coefficient (Wildman–Crippen LogP) is 5.31. The van der Waals surface area contributed by atoms with E-state index in [2.05, 4.69) is 41.3 Å². The number of carbonyl (C=O) groups is 1. The molecule has 0 radical (unpaired) electrons. The Morgan fingerprint density at radius 3 is 2.51 bits per heavy atom. The second kappa shape index (κ2) is 10.6. The van der Waals surface area contributed by atoms with Crippen molar-refractivity contribution < 1.29 is 14.3 Å². The second-order valence-electron chi connectivity index (χ2n) is 13.1. The molecule has 2 aliphatic carbocycles. The van der Waals surface area contributed by atoms with Crippen molar-refractivity contribution in [3.63, 3.8) is 0 Å². The van der Waals surface area contributed by atoms with E-state index in [0.717, 1.165) is 76.9 Å². The zero-order valence-corrected chi connectivity index (χ0v) is 23.9. The van der Waals surface area contributed by atoms with Gasteiger partial charge in [0.15, 0.2) is 0 Å². The molecule has 7 heteroatoms. The van der Waals surface area contributed by atoms with Crippen LogP contribution < -0.4 is 0 Å². The van der Waals surface area contributed by atoms with Gasteiger partial charge in [0.2, 0.25) is 0 Å². The molecule has 1 aromatic heterocycles. The summed E-state index contributed by atoms with van der Waals surface area (Å²) in [4.78, 5) is 17.4. The fourth-order valence-electron chi connectivity index (χ4n) is 8.54. The van der Waals surface area contributed by atoms with Crippen molar-refractivity contribution in [3.8, 4) is 0 Å². The highest BCUT2D eigenvalue weighted by atomic mass is 19.1. The number of benzene rings is 1. The van der Waals surface area contributed by atoms with E-state index in [9.17, 15) is 14.3 Å². The van der Waals surface area contributed by atoms with Gasteiger partial charge in [-0.2, -0.15) is 5.10 Å². The highest BCUT2D eigenvalue weighted by Crippen LogP contribution is 2.60. The maximum atomic E-state index is 14.3. The van der Waals surface area contributed by atoms with Crippen LogP contribution in [0.15, 0.2) is 24.3 Å². The molecule has 1 aromatic carbocycles. The molecule has 2 saturated carbocycles. The first kappa shape index (κ1) is 26.9. The summed E-state index contributed by atoms with van der Waals surface area (Å²) in [5, 5.41) is 15.1. The Hall–Kier alpha value is -2.25. The van der Waals surface area contributed by atoms with Crippen molar-refractivity contribution in [2.75, 3.05) is 39.3 Å². The van der Waals surface area contributed by atoms with Gasteiger partial charge in [-0.1, -0.05) is 19.1 Å². The normalized spacial score (nSPS) is 31.6. The largest absolute Gasteiger partial charge is 0.481 e. The molecule has 4 aliphatic rings. The van der Waals surface area contributed by atoms with Crippen LogP contribution in [0.4, 0.5) is 4.39 Å². The van der Waals surface area contributed by atoms with Crippen LogP contribution in [0.25, 0.3) is 0 Å². The van der Waals surface area contributed by atoms with E-state index in [1.165, 1.54) is 29.4 Å². The van der Waals surface area contributed by atoms with Crippen LogP contribution in [-0.4, -0.2) is 69.9 Å². The minimum absolute atomic E-state index is 0.182. The molecule has 0 spiro atoms. The number of carboxylic acids is 1. The van der Waals surface area contributed by atoms with Crippen LogP contribution in [0.5, 0.6) is 0 Å². The molecule has 1 N–H and O–H groups in total. The summed E-state index contributed by atoms with van der Waals surface area (Å²) in [6, 6.07) is 7.11. The lowest BCUT2D eigenvalue weighted by Crippen LogP contribution is -2.42. The molecule has 0 amide bonds. The van der Waals surface area contributed by atoms with Gasteiger partial charge in [-0.25, -0.2) is 4.39 Å². The summed E-state index contributed by atoms with van der Waals surface area (Å²) < 4.78 is 16.4. The molecule has 6 rings (SSSR count). The molecule has 4 fully saturated rings. The summed E-state index contributed by atoms with van der Waals surface area (Å²) >= 11 is 0. The average molecular weight is 537 g/mol. The molecular weight excluding hydrogens is 491 g/mol. The molecule has 4 unspecified atom stereocenters. The Labute approximate surface area is 232 Å². The third kappa shape index (κ3) is 5.17. The van der Waals surface area contributed by atoms with Crippen molar-refractivity contribution in [3.05, 3.63) is 52.6 Å². The minimum Gasteiger partial charge on any atom is -0.481 e. The van der Waals surface area contributed by atoms with Gasteiger partial charge in [0, 0.05) is 44.3 Å². The number of aromatic nitrogens is 2.